The van der Waals surface area contributed by atoms with Crippen molar-refractivity contribution < 1.29 is 5.11 Å². The number of hydrogen-bond acceptors (Lipinski definition) is 9. The first-order chi connectivity index (χ1) is 15.6. The molecule has 2 saturated heterocycles. The van der Waals surface area contributed by atoms with Crippen molar-refractivity contribution in [2.24, 2.45) is 4.99 Å². The number of aliphatic imine (C=N–C) groups is 1. The average Bonchev–Trinajstić information content (AvgIpc) is 3.34. The monoisotopic (exact) mass is 451 g/mol. The lowest BCUT2D eigenvalue weighted by molar-refractivity contribution is 0.135. The number of nitrogens with zero attached hydrogens (tertiary/aromatic N) is 5. The number of nitrogens with one attached hydrogen (secondary N) is 2. The first-order valence-corrected chi connectivity index (χ1v) is 11.8. The second-order valence-corrected chi connectivity index (χ2v) is 9.32. The molecule has 4 rings (SSSR count). The molecule has 0 aliphatic carbocycles. The number of fused-ring (bicyclic) bond motifs is 2. The zero-order chi connectivity index (χ0) is 22.5. The Kier molecular flexibility index (Phi) is 7.15. The van der Waals surface area contributed by atoms with Gasteiger partial charge in [0.15, 0.2) is 5.13 Å². The van der Waals surface area contributed by atoms with Crippen LogP contribution in [0.3, 0.4) is 0 Å². The third-order valence-electron chi connectivity index (χ3n) is 6.19. The quantitative estimate of drug-likeness (QED) is 0.483. The summed E-state index contributed by atoms with van der Waals surface area (Å²) in [6, 6.07) is 5.51. The van der Waals surface area contributed by atoms with E-state index in [-0.39, 0.29) is 6.61 Å². The number of hydrogen-bond donors (Lipinski definition) is 3. The van der Waals surface area contributed by atoms with Gasteiger partial charge in [-0.2, -0.15) is 5.26 Å². The van der Waals surface area contributed by atoms with Crippen LogP contribution in [0.5, 0.6) is 0 Å². The van der Waals surface area contributed by atoms with Crippen LogP contribution in [0, 0.1) is 11.3 Å². The van der Waals surface area contributed by atoms with Crippen LogP contribution < -0.4 is 10.6 Å². The summed E-state index contributed by atoms with van der Waals surface area (Å²) in [6.45, 7) is 6.56. The number of thiazole rings is 1. The van der Waals surface area contributed by atoms with E-state index < -0.39 is 0 Å². The Balaban J connectivity index is 1.56. The number of allylic oxidation sites excluding steroid dienone is 1. The lowest BCUT2D eigenvalue weighted by Crippen LogP contribution is -2.47. The number of nitriles is 1. The van der Waals surface area contributed by atoms with E-state index in [4.69, 9.17) is 10.2 Å². The summed E-state index contributed by atoms with van der Waals surface area (Å²) < 4.78 is 0. The van der Waals surface area contributed by atoms with Gasteiger partial charge < -0.3 is 15.7 Å². The van der Waals surface area contributed by atoms with Crippen molar-refractivity contribution in [1.29, 1.82) is 5.26 Å². The van der Waals surface area contributed by atoms with Gasteiger partial charge in [0.05, 0.1) is 23.2 Å². The molecule has 0 radical (unpaired) electrons. The Labute approximate surface area is 192 Å². The molecule has 0 amide bonds. The fourth-order valence-corrected chi connectivity index (χ4v) is 5.53. The molecule has 0 unspecified atom stereocenters. The van der Waals surface area contributed by atoms with Crippen LogP contribution in [0.1, 0.15) is 49.5 Å². The zero-order valence-corrected chi connectivity index (χ0v) is 19.1. The van der Waals surface area contributed by atoms with Gasteiger partial charge in [0.25, 0.3) is 0 Å². The molecule has 9 heteroatoms. The van der Waals surface area contributed by atoms with Gasteiger partial charge in [-0.1, -0.05) is 23.5 Å². The average molecular weight is 452 g/mol. The highest BCUT2D eigenvalue weighted by atomic mass is 32.1. The highest BCUT2D eigenvalue weighted by Gasteiger charge is 2.40. The van der Waals surface area contributed by atoms with E-state index >= 15 is 0 Å². The number of piperidine rings is 1. The van der Waals surface area contributed by atoms with E-state index in [9.17, 15) is 5.11 Å². The highest BCUT2D eigenvalue weighted by Crippen LogP contribution is 2.38. The number of aliphatic hydroxyl groups is 1. The van der Waals surface area contributed by atoms with Gasteiger partial charge in [-0.05, 0) is 39.3 Å². The van der Waals surface area contributed by atoms with Gasteiger partial charge in [0.1, 0.15) is 11.6 Å². The number of aliphatic hydroxyl groups excluding tert-OH is 1. The normalized spacial score (nSPS) is 22.7. The molecule has 0 aromatic carbocycles. The van der Waals surface area contributed by atoms with Crippen LogP contribution in [0.2, 0.25) is 0 Å². The molecule has 2 fully saturated rings. The van der Waals surface area contributed by atoms with Crippen molar-refractivity contribution in [2.45, 2.75) is 63.8 Å². The Morgan fingerprint density at radius 1 is 1.41 bits per heavy atom. The molecule has 0 spiro atoms. The smallest absolute Gasteiger partial charge is 0.188 e. The SMILES string of the molecule is C=Nc1cc(Nc2ncc(CO)s2)nc(N[C@@H]2C[C@H]3CC[C@@H](C2)N3CCC#N)c1/C=C\C. The van der Waals surface area contributed by atoms with Crippen LogP contribution in [-0.4, -0.2) is 51.4 Å². The Morgan fingerprint density at radius 2 is 2.19 bits per heavy atom. The predicted octanol–water partition coefficient (Wildman–Crippen LogP) is 4.46. The van der Waals surface area contributed by atoms with Gasteiger partial charge in [-0.25, -0.2) is 9.97 Å². The highest BCUT2D eigenvalue weighted by molar-refractivity contribution is 7.15. The Bertz CT molecular complexity index is 1010. The van der Waals surface area contributed by atoms with Crippen LogP contribution >= 0.6 is 11.3 Å². The minimum atomic E-state index is -0.0331. The summed E-state index contributed by atoms with van der Waals surface area (Å²) in [5.74, 6) is 1.42. The third kappa shape index (κ3) is 4.83. The summed E-state index contributed by atoms with van der Waals surface area (Å²) in [5, 5.41) is 25.9. The number of rotatable bonds is 9. The Hall–Kier alpha value is -2.80. The maximum absolute atomic E-state index is 9.30. The van der Waals surface area contributed by atoms with Gasteiger partial charge in [0.2, 0.25) is 0 Å². The van der Waals surface area contributed by atoms with E-state index in [1.807, 2.05) is 25.1 Å². The van der Waals surface area contributed by atoms with Crippen LogP contribution in [0.25, 0.3) is 6.08 Å². The van der Waals surface area contributed by atoms with Crippen LogP contribution in [0.15, 0.2) is 23.3 Å². The van der Waals surface area contributed by atoms with Crippen molar-refractivity contribution in [3.8, 4) is 6.07 Å². The molecule has 3 N–H and O–H groups in total. The molecule has 3 atom stereocenters. The fraction of sp³-hybridized carbons (Fsp3) is 0.478. The maximum atomic E-state index is 9.30. The molecule has 2 bridgehead atoms. The van der Waals surface area contributed by atoms with Crippen LogP contribution in [0.4, 0.5) is 22.5 Å². The summed E-state index contributed by atoms with van der Waals surface area (Å²) in [5.41, 5.74) is 1.67. The van der Waals surface area contributed by atoms with Crippen molar-refractivity contribution in [2.75, 3.05) is 17.2 Å². The standard InChI is InChI=1S/C23H29N7OS/c1-3-5-19-20(25-2)12-21(29-23-26-13-18(14-31)32-23)28-22(19)27-15-10-16-6-7-17(11-15)30(16)9-4-8-24/h3,5,12-13,15-17,31H,2,4,6-7,9-11,14H2,1H3,(H2,26,27,28,29)/b5-3-/t15-,16-,17+. The van der Waals surface area contributed by atoms with Gasteiger partial charge in [-0.3, -0.25) is 9.89 Å². The summed E-state index contributed by atoms with van der Waals surface area (Å²) >= 11 is 1.39. The predicted molar refractivity (Wildman–Crippen MR) is 130 cm³/mol. The molecule has 4 heterocycles. The second-order valence-electron chi connectivity index (χ2n) is 8.21. The number of aromatic nitrogens is 2. The molecule has 168 valence electrons. The topological polar surface area (TPSA) is 109 Å². The number of pyridine rings is 1. The van der Waals surface area contributed by atoms with Crippen LogP contribution in [-0.2, 0) is 6.61 Å². The first-order valence-electron chi connectivity index (χ1n) is 11.0. The van der Waals surface area contributed by atoms with Gasteiger partial charge in [-0.15, -0.1) is 0 Å². The molecule has 8 nitrogen and oxygen atoms in total. The minimum Gasteiger partial charge on any atom is -0.391 e. The van der Waals surface area contributed by atoms with Gasteiger partial charge in [0, 0.05) is 48.9 Å². The Morgan fingerprint density at radius 3 is 2.81 bits per heavy atom. The molecule has 2 aliphatic rings. The van der Waals surface area contributed by atoms with E-state index in [1.165, 1.54) is 24.2 Å². The van der Waals surface area contributed by atoms with Crippen molar-refractivity contribution in [3.05, 3.63) is 28.8 Å². The van der Waals surface area contributed by atoms with E-state index in [0.717, 1.165) is 41.3 Å². The van der Waals surface area contributed by atoms with Gasteiger partial charge >= 0.3 is 0 Å². The molecule has 2 aromatic heterocycles. The van der Waals surface area contributed by atoms with Crippen molar-refractivity contribution in [1.82, 2.24) is 14.9 Å². The minimum absolute atomic E-state index is 0.0331. The maximum Gasteiger partial charge on any atom is 0.188 e. The number of anilines is 3. The summed E-state index contributed by atoms with van der Waals surface area (Å²) in [6.07, 6.45) is 10.7. The summed E-state index contributed by atoms with van der Waals surface area (Å²) in [4.78, 5) is 16.7. The van der Waals surface area contributed by atoms with E-state index in [1.54, 1.807) is 6.20 Å². The van der Waals surface area contributed by atoms with E-state index in [2.05, 4.69) is 38.3 Å². The summed E-state index contributed by atoms with van der Waals surface area (Å²) in [7, 11) is 0. The fourth-order valence-electron chi connectivity index (χ4n) is 4.85. The third-order valence-corrected chi connectivity index (χ3v) is 7.09. The lowest BCUT2D eigenvalue weighted by atomic mass is 9.96. The molecule has 2 aromatic rings. The lowest BCUT2D eigenvalue weighted by Gasteiger charge is -2.39. The second kappa shape index (κ2) is 10.2. The molecular formula is C23H29N7OS. The molecule has 2 aliphatic heterocycles. The first kappa shape index (κ1) is 22.4. The molecule has 32 heavy (non-hydrogen) atoms. The zero-order valence-electron chi connectivity index (χ0n) is 18.3. The largest absolute Gasteiger partial charge is 0.391 e. The van der Waals surface area contributed by atoms with E-state index in [0.29, 0.717) is 35.5 Å². The molecule has 0 saturated carbocycles. The van der Waals surface area contributed by atoms with Crippen molar-refractivity contribution >= 4 is 46.6 Å². The molecular weight excluding hydrogens is 422 g/mol. The van der Waals surface area contributed by atoms with Crippen molar-refractivity contribution in [3.63, 3.8) is 0 Å².